The van der Waals surface area contributed by atoms with Crippen molar-refractivity contribution in [3.63, 3.8) is 0 Å². The number of amides is 2. The Morgan fingerprint density at radius 3 is 2.62 bits per heavy atom. The topological polar surface area (TPSA) is 108 Å². The van der Waals surface area contributed by atoms with Crippen LogP contribution in [0.25, 0.3) is 5.57 Å². The number of nitrogens with zero attached hydrogens (tertiary/aromatic N) is 3. The molecule has 2 heterocycles. The van der Waals surface area contributed by atoms with Crippen molar-refractivity contribution in [1.82, 2.24) is 20.4 Å². The molecule has 0 radical (unpaired) electrons. The van der Waals surface area contributed by atoms with Crippen molar-refractivity contribution >= 4 is 34.6 Å². The van der Waals surface area contributed by atoms with E-state index >= 15 is 0 Å². The maximum Gasteiger partial charge on any atom is 0.273 e. The molecule has 39 heavy (non-hydrogen) atoms. The van der Waals surface area contributed by atoms with Crippen LogP contribution in [0.1, 0.15) is 68.9 Å². The van der Waals surface area contributed by atoms with Crippen LogP contribution < -0.4 is 20.7 Å². The summed E-state index contributed by atoms with van der Waals surface area (Å²) in [6.45, 7) is 7.69. The Bertz CT molecular complexity index is 1250. The highest BCUT2D eigenvalue weighted by Gasteiger charge is 2.30. The van der Waals surface area contributed by atoms with Crippen LogP contribution in [0.4, 0.5) is 17.2 Å². The SMILES string of the molecule is CCC(C)CC(CC)N1C=C(c2cccc(Nc3cc(NC(=O)C4CC4)nnc3C(=O)NC)c2OC)C=CC1. The van der Waals surface area contributed by atoms with E-state index < -0.39 is 0 Å². The number of hydrogen-bond acceptors (Lipinski definition) is 7. The van der Waals surface area contributed by atoms with E-state index in [0.717, 1.165) is 43.4 Å². The number of allylic oxidation sites excluding steroid dienone is 2. The maximum absolute atomic E-state index is 12.6. The average molecular weight is 533 g/mol. The van der Waals surface area contributed by atoms with Crippen LogP contribution in [0.15, 0.2) is 42.6 Å². The summed E-state index contributed by atoms with van der Waals surface area (Å²) in [7, 11) is 3.18. The molecule has 4 rings (SSSR count). The molecular formula is C30H40N6O3. The van der Waals surface area contributed by atoms with Gasteiger partial charge in [-0.2, -0.15) is 0 Å². The monoisotopic (exact) mass is 532 g/mol. The van der Waals surface area contributed by atoms with E-state index in [1.54, 1.807) is 13.2 Å². The highest BCUT2D eigenvalue weighted by Crippen LogP contribution is 2.38. The van der Waals surface area contributed by atoms with Crippen LogP contribution in [-0.2, 0) is 4.79 Å². The molecule has 2 unspecified atom stereocenters. The molecule has 1 saturated carbocycles. The number of benzene rings is 1. The number of carbonyl (C=O) groups excluding carboxylic acids is 2. The van der Waals surface area contributed by atoms with Crippen LogP contribution in [0.5, 0.6) is 5.75 Å². The fourth-order valence-electron chi connectivity index (χ4n) is 4.79. The number of nitrogens with one attached hydrogen (secondary N) is 3. The molecule has 1 aromatic heterocycles. The van der Waals surface area contributed by atoms with Crippen LogP contribution in [-0.4, -0.2) is 53.7 Å². The first kappa shape index (κ1) is 28.1. The summed E-state index contributed by atoms with van der Waals surface area (Å²) in [6.07, 6.45) is 11.7. The molecule has 2 atom stereocenters. The van der Waals surface area contributed by atoms with E-state index in [4.69, 9.17) is 4.74 Å². The van der Waals surface area contributed by atoms with Crippen molar-refractivity contribution in [3.8, 4) is 5.75 Å². The second kappa shape index (κ2) is 12.8. The zero-order chi connectivity index (χ0) is 27.9. The number of para-hydroxylation sites is 1. The van der Waals surface area contributed by atoms with E-state index in [1.165, 1.54) is 13.5 Å². The molecule has 1 aliphatic heterocycles. The summed E-state index contributed by atoms with van der Waals surface area (Å²) in [6, 6.07) is 7.97. The Morgan fingerprint density at radius 1 is 1.15 bits per heavy atom. The van der Waals surface area contributed by atoms with E-state index in [1.807, 2.05) is 18.2 Å². The number of methoxy groups -OCH3 is 1. The molecule has 9 heteroatoms. The minimum absolute atomic E-state index is 0.0208. The van der Waals surface area contributed by atoms with Gasteiger partial charge >= 0.3 is 0 Å². The van der Waals surface area contributed by atoms with Crippen molar-refractivity contribution in [2.75, 3.05) is 31.3 Å². The number of rotatable bonds is 12. The predicted molar refractivity (Wildman–Crippen MR) is 155 cm³/mol. The van der Waals surface area contributed by atoms with Gasteiger partial charge in [0.15, 0.2) is 11.5 Å². The molecule has 1 aromatic carbocycles. The van der Waals surface area contributed by atoms with Crippen molar-refractivity contribution < 1.29 is 14.3 Å². The van der Waals surface area contributed by atoms with Gasteiger partial charge in [0, 0.05) is 49.0 Å². The lowest BCUT2D eigenvalue weighted by Crippen LogP contribution is -2.33. The van der Waals surface area contributed by atoms with Crippen molar-refractivity contribution in [1.29, 1.82) is 0 Å². The van der Waals surface area contributed by atoms with Crippen molar-refractivity contribution in [2.24, 2.45) is 11.8 Å². The lowest BCUT2D eigenvalue weighted by Gasteiger charge is -2.33. The Morgan fingerprint density at radius 2 is 1.95 bits per heavy atom. The fourth-order valence-corrected chi connectivity index (χ4v) is 4.79. The molecule has 0 spiro atoms. The Kier molecular flexibility index (Phi) is 9.22. The number of hydrogen-bond donors (Lipinski definition) is 3. The number of anilines is 3. The number of aromatic nitrogens is 2. The smallest absolute Gasteiger partial charge is 0.273 e. The van der Waals surface area contributed by atoms with E-state index in [2.05, 4.69) is 70.2 Å². The molecule has 0 saturated heterocycles. The van der Waals surface area contributed by atoms with Gasteiger partial charge in [-0.05, 0) is 37.7 Å². The number of carbonyl (C=O) groups is 2. The lowest BCUT2D eigenvalue weighted by atomic mass is 9.95. The first-order chi connectivity index (χ1) is 18.9. The highest BCUT2D eigenvalue weighted by molar-refractivity contribution is 6.00. The van der Waals surface area contributed by atoms with Gasteiger partial charge in [-0.25, -0.2) is 0 Å². The first-order valence-corrected chi connectivity index (χ1v) is 13.9. The predicted octanol–water partition coefficient (Wildman–Crippen LogP) is 5.36. The van der Waals surface area contributed by atoms with Crippen LogP contribution in [0.2, 0.25) is 0 Å². The standard InChI is InChI=1S/C30H40N6O3/c1-6-19(3)16-22(7-2)36-15-9-10-21(18-36)23-11-8-12-24(28(23)39-5)32-25-17-26(33-29(37)20-13-14-20)34-35-27(25)30(38)31-4/h8-12,17-20,22H,6-7,13-16H2,1-5H3,(H,31,38)(H2,32,33,34,37). The second-order valence-corrected chi connectivity index (χ2v) is 10.3. The Labute approximate surface area is 231 Å². The largest absolute Gasteiger partial charge is 0.494 e. The third kappa shape index (κ3) is 6.77. The van der Waals surface area contributed by atoms with Gasteiger partial charge < -0.3 is 25.6 Å². The molecule has 3 N–H and O–H groups in total. The third-order valence-electron chi connectivity index (χ3n) is 7.47. The zero-order valence-corrected chi connectivity index (χ0v) is 23.6. The fraction of sp³-hybridized carbons (Fsp3) is 0.467. The maximum atomic E-state index is 12.6. The van der Waals surface area contributed by atoms with Crippen LogP contribution >= 0.6 is 0 Å². The average Bonchev–Trinajstić information content (AvgIpc) is 3.81. The highest BCUT2D eigenvalue weighted by atomic mass is 16.5. The lowest BCUT2D eigenvalue weighted by molar-refractivity contribution is -0.117. The van der Waals surface area contributed by atoms with Crippen molar-refractivity contribution in [2.45, 2.75) is 58.9 Å². The van der Waals surface area contributed by atoms with Gasteiger partial charge in [0.2, 0.25) is 5.91 Å². The summed E-state index contributed by atoms with van der Waals surface area (Å²) >= 11 is 0. The van der Waals surface area contributed by atoms with E-state index in [0.29, 0.717) is 29.1 Å². The van der Waals surface area contributed by atoms with Crippen LogP contribution in [0.3, 0.4) is 0 Å². The van der Waals surface area contributed by atoms with Gasteiger partial charge in [0.05, 0.1) is 18.5 Å². The minimum atomic E-state index is -0.388. The molecule has 208 valence electrons. The molecule has 2 aromatic rings. The molecule has 1 fully saturated rings. The Balaban J connectivity index is 1.66. The van der Waals surface area contributed by atoms with E-state index in [-0.39, 0.29) is 29.2 Å². The van der Waals surface area contributed by atoms with Gasteiger partial charge in [-0.15, -0.1) is 10.2 Å². The molecule has 1 aliphatic carbocycles. The molecule has 9 nitrogen and oxygen atoms in total. The van der Waals surface area contributed by atoms with Crippen molar-refractivity contribution in [3.05, 3.63) is 53.9 Å². The first-order valence-electron chi connectivity index (χ1n) is 13.9. The second-order valence-electron chi connectivity index (χ2n) is 10.3. The minimum Gasteiger partial charge on any atom is -0.494 e. The van der Waals surface area contributed by atoms with Gasteiger partial charge in [-0.3, -0.25) is 9.59 Å². The summed E-state index contributed by atoms with van der Waals surface area (Å²) in [5.74, 6) is 1.16. The summed E-state index contributed by atoms with van der Waals surface area (Å²) in [5, 5.41) is 16.9. The summed E-state index contributed by atoms with van der Waals surface area (Å²) < 4.78 is 5.91. The summed E-state index contributed by atoms with van der Waals surface area (Å²) in [5.41, 5.74) is 3.20. The molecule has 2 amide bonds. The van der Waals surface area contributed by atoms with Crippen LogP contribution in [0, 0.1) is 11.8 Å². The third-order valence-corrected chi connectivity index (χ3v) is 7.47. The molecular weight excluding hydrogens is 492 g/mol. The molecule has 2 aliphatic rings. The zero-order valence-electron chi connectivity index (χ0n) is 23.6. The Hall–Kier alpha value is -3.88. The quantitative estimate of drug-likeness (QED) is 0.337. The van der Waals surface area contributed by atoms with E-state index in [9.17, 15) is 9.59 Å². The van der Waals surface area contributed by atoms with Gasteiger partial charge in [0.25, 0.3) is 5.91 Å². The molecule has 0 bridgehead atoms. The normalized spacial score (nSPS) is 16.2. The number of ether oxygens (including phenoxy) is 1. The van der Waals surface area contributed by atoms with Gasteiger partial charge in [-0.1, -0.05) is 51.5 Å². The summed E-state index contributed by atoms with van der Waals surface area (Å²) in [4.78, 5) is 27.3. The van der Waals surface area contributed by atoms with Gasteiger partial charge in [0.1, 0.15) is 5.75 Å².